The SMILES string of the molecule is CC#CCCC(CCOCCOC)NN. The molecule has 0 rings (SSSR count). The van der Waals surface area contributed by atoms with Crippen molar-refractivity contribution >= 4 is 0 Å². The van der Waals surface area contributed by atoms with E-state index in [0.29, 0.717) is 19.8 Å². The molecule has 0 aromatic rings. The Kier molecular flexibility index (Phi) is 11.0. The lowest BCUT2D eigenvalue weighted by atomic mass is 10.1. The van der Waals surface area contributed by atoms with Crippen molar-refractivity contribution in [3.63, 3.8) is 0 Å². The Morgan fingerprint density at radius 1 is 1.27 bits per heavy atom. The van der Waals surface area contributed by atoms with Crippen LogP contribution in [0.1, 0.15) is 26.2 Å². The fourth-order valence-electron chi connectivity index (χ4n) is 1.15. The van der Waals surface area contributed by atoms with Crippen LogP contribution in [0.15, 0.2) is 0 Å². The third kappa shape index (κ3) is 9.70. The van der Waals surface area contributed by atoms with Gasteiger partial charge in [-0.1, -0.05) is 0 Å². The topological polar surface area (TPSA) is 56.5 Å². The minimum Gasteiger partial charge on any atom is -0.382 e. The second-order valence-electron chi connectivity index (χ2n) is 3.22. The minimum atomic E-state index is 0.286. The number of hydrazine groups is 1. The first-order valence-electron chi connectivity index (χ1n) is 5.27. The van der Waals surface area contributed by atoms with Gasteiger partial charge in [-0.25, -0.2) is 0 Å². The molecule has 0 aromatic heterocycles. The van der Waals surface area contributed by atoms with Crippen molar-refractivity contribution in [1.82, 2.24) is 5.43 Å². The third-order valence-electron chi connectivity index (χ3n) is 2.07. The molecular weight excluding hydrogens is 192 g/mol. The van der Waals surface area contributed by atoms with Crippen molar-refractivity contribution in [2.45, 2.75) is 32.2 Å². The third-order valence-corrected chi connectivity index (χ3v) is 2.07. The van der Waals surface area contributed by atoms with Gasteiger partial charge in [0.1, 0.15) is 0 Å². The predicted molar refractivity (Wildman–Crippen MR) is 61.1 cm³/mol. The Morgan fingerprint density at radius 2 is 2.07 bits per heavy atom. The van der Waals surface area contributed by atoms with E-state index in [2.05, 4.69) is 17.3 Å². The summed E-state index contributed by atoms with van der Waals surface area (Å²) in [4.78, 5) is 0. The number of methoxy groups -OCH3 is 1. The Labute approximate surface area is 92.5 Å². The van der Waals surface area contributed by atoms with Gasteiger partial charge >= 0.3 is 0 Å². The maximum atomic E-state index is 5.42. The van der Waals surface area contributed by atoms with Crippen molar-refractivity contribution in [1.29, 1.82) is 0 Å². The predicted octanol–water partition coefficient (Wildman–Crippen LogP) is 0.675. The Balaban J connectivity index is 3.38. The van der Waals surface area contributed by atoms with E-state index in [4.69, 9.17) is 15.3 Å². The van der Waals surface area contributed by atoms with Crippen LogP contribution >= 0.6 is 0 Å². The zero-order valence-electron chi connectivity index (χ0n) is 9.71. The molecule has 4 nitrogen and oxygen atoms in total. The highest BCUT2D eigenvalue weighted by atomic mass is 16.5. The summed E-state index contributed by atoms with van der Waals surface area (Å²) < 4.78 is 10.2. The quantitative estimate of drug-likeness (QED) is 0.256. The van der Waals surface area contributed by atoms with Crippen LogP contribution in [0.25, 0.3) is 0 Å². The summed E-state index contributed by atoms with van der Waals surface area (Å²) in [5, 5.41) is 0. The van der Waals surface area contributed by atoms with Gasteiger partial charge in [-0.15, -0.1) is 11.8 Å². The van der Waals surface area contributed by atoms with E-state index in [-0.39, 0.29) is 6.04 Å². The van der Waals surface area contributed by atoms with E-state index in [1.807, 2.05) is 6.92 Å². The fourth-order valence-corrected chi connectivity index (χ4v) is 1.15. The van der Waals surface area contributed by atoms with E-state index < -0.39 is 0 Å². The lowest BCUT2D eigenvalue weighted by Crippen LogP contribution is -2.36. The summed E-state index contributed by atoms with van der Waals surface area (Å²) in [6.45, 7) is 3.83. The van der Waals surface area contributed by atoms with Crippen molar-refractivity contribution in [2.75, 3.05) is 26.9 Å². The highest BCUT2D eigenvalue weighted by Gasteiger charge is 2.04. The number of nitrogens with one attached hydrogen (secondary N) is 1. The molecule has 0 saturated heterocycles. The van der Waals surface area contributed by atoms with Gasteiger partial charge in [-0.05, 0) is 19.8 Å². The molecule has 0 saturated carbocycles. The van der Waals surface area contributed by atoms with Crippen molar-refractivity contribution in [3.8, 4) is 11.8 Å². The highest BCUT2D eigenvalue weighted by Crippen LogP contribution is 2.00. The molecule has 0 aliphatic heterocycles. The molecule has 0 amide bonds. The summed E-state index contributed by atoms with van der Waals surface area (Å²) in [6, 6.07) is 0.286. The van der Waals surface area contributed by atoms with Gasteiger partial charge in [0, 0.05) is 26.2 Å². The van der Waals surface area contributed by atoms with Crippen molar-refractivity contribution in [2.24, 2.45) is 5.84 Å². The standard InChI is InChI=1S/C11H22N2O2/c1-3-4-5-6-11(13-12)7-8-15-10-9-14-2/h11,13H,5-10,12H2,1-2H3. The molecule has 0 spiro atoms. The van der Waals surface area contributed by atoms with Crippen molar-refractivity contribution in [3.05, 3.63) is 0 Å². The molecule has 0 aliphatic rings. The number of nitrogens with two attached hydrogens (primary N) is 1. The lowest BCUT2D eigenvalue weighted by molar-refractivity contribution is 0.0655. The molecule has 0 bridgehead atoms. The number of rotatable bonds is 9. The first kappa shape index (κ1) is 14.4. The Hall–Kier alpha value is -0.600. The monoisotopic (exact) mass is 214 g/mol. The van der Waals surface area contributed by atoms with E-state index in [0.717, 1.165) is 19.3 Å². The molecule has 4 heteroatoms. The lowest BCUT2D eigenvalue weighted by Gasteiger charge is -2.14. The Morgan fingerprint density at radius 3 is 2.67 bits per heavy atom. The van der Waals surface area contributed by atoms with Gasteiger partial charge in [0.2, 0.25) is 0 Å². The first-order chi connectivity index (χ1) is 7.35. The normalized spacial score (nSPS) is 11.9. The molecule has 0 heterocycles. The van der Waals surface area contributed by atoms with Crippen LogP contribution in [0.5, 0.6) is 0 Å². The zero-order valence-corrected chi connectivity index (χ0v) is 9.71. The zero-order chi connectivity index (χ0) is 11.4. The average Bonchev–Trinajstić information content (AvgIpc) is 2.26. The van der Waals surface area contributed by atoms with Crippen LogP contribution in [-0.2, 0) is 9.47 Å². The molecule has 0 aromatic carbocycles. The Bertz CT molecular complexity index is 187. The molecule has 0 aliphatic carbocycles. The summed E-state index contributed by atoms with van der Waals surface area (Å²) in [7, 11) is 1.66. The average molecular weight is 214 g/mol. The number of hydrogen-bond acceptors (Lipinski definition) is 4. The number of hydrogen-bond donors (Lipinski definition) is 2. The molecule has 0 radical (unpaired) electrons. The van der Waals surface area contributed by atoms with E-state index in [9.17, 15) is 0 Å². The van der Waals surface area contributed by atoms with Crippen LogP contribution in [0, 0.1) is 11.8 Å². The second-order valence-corrected chi connectivity index (χ2v) is 3.22. The molecular formula is C11H22N2O2. The van der Waals surface area contributed by atoms with Gasteiger partial charge in [-0.3, -0.25) is 11.3 Å². The fraction of sp³-hybridized carbons (Fsp3) is 0.818. The molecule has 88 valence electrons. The van der Waals surface area contributed by atoms with Gasteiger partial charge in [0.05, 0.1) is 13.2 Å². The molecule has 15 heavy (non-hydrogen) atoms. The van der Waals surface area contributed by atoms with Crippen LogP contribution in [0.4, 0.5) is 0 Å². The summed E-state index contributed by atoms with van der Waals surface area (Å²) >= 11 is 0. The van der Waals surface area contributed by atoms with Gasteiger partial charge in [-0.2, -0.15) is 0 Å². The first-order valence-corrected chi connectivity index (χ1v) is 5.27. The minimum absolute atomic E-state index is 0.286. The summed E-state index contributed by atoms with van der Waals surface area (Å²) in [6.07, 6.45) is 2.75. The van der Waals surface area contributed by atoms with Crippen LogP contribution in [-0.4, -0.2) is 33.0 Å². The molecule has 3 N–H and O–H groups in total. The molecule has 0 fully saturated rings. The van der Waals surface area contributed by atoms with E-state index in [1.54, 1.807) is 7.11 Å². The smallest absolute Gasteiger partial charge is 0.0700 e. The van der Waals surface area contributed by atoms with Crippen LogP contribution in [0.2, 0.25) is 0 Å². The molecule has 1 atom stereocenters. The largest absolute Gasteiger partial charge is 0.382 e. The van der Waals surface area contributed by atoms with Gasteiger partial charge in [0.15, 0.2) is 0 Å². The second kappa shape index (κ2) is 11.5. The maximum absolute atomic E-state index is 5.42. The van der Waals surface area contributed by atoms with Gasteiger partial charge in [0.25, 0.3) is 0 Å². The number of ether oxygens (including phenoxy) is 2. The summed E-state index contributed by atoms with van der Waals surface area (Å²) in [5.74, 6) is 11.3. The van der Waals surface area contributed by atoms with Gasteiger partial charge < -0.3 is 9.47 Å². The van der Waals surface area contributed by atoms with Crippen molar-refractivity contribution < 1.29 is 9.47 Å². The van der Waals surface area contributed by atoms with E-state index in [1.165, 1.54) is 0 Å². The van der Waals surface area contributed by atoms with Crippen LogP contribution in [0.3, 0.4) is 0 Å². The van der Waals surface area contributed by atoms with Crippen LogP contribution < -0.4 is 11.3 Å². The highest BCUT2D eigenvalue weighted by molar-refractivity contribution is 4.95. The molecule has 1 unspecified atom stereocenters. The maximum Gasteiger partial charge on any atom is 0.0700 e. The van der Waals surface area contributed by atoms with E-state index >= 15 is 0 Å². The summed E-state index contributed by atoms with van der Waals surface area (Å²) in [5.41, 5.74) is 2.77.